The van der Waals surface area contributed by atoms with Gasteiger partial charge in [-0.3, -0.25) is 4.79 Å². The molecule has 21 heavy (non-hydrogen) atoms. The van der Waals surface area contributed by atoms with Gasteiger partial charge in [0.2, 0.25) is 0 Å². The van der Waals surface area contributed by atoms with Crippen LogP contribution in [0.5, 0.6) is 5.75 Å². The van der Waals surface area contributed by atoms with E-state index in [-0.39, 0.29) is 5.91 Å². The standard InChI is InChI=1S/C17H18N2O2/c1-3-21-15-9-6-8-14(11-15)12-18-19-17(20)16-10-5-4-7-13(16)2/h4-12H,3H2,1-2H3,(H,19,20)/b18-12+. The van der Waals surface area contributed by atoms with Crippen LogP contribution >= 0.6 is 0 Å². The summed E-state index contributed by atoms with van der Waals surface area (Å²) >= 11 is 0. The van der Waals surface area contributed by atoms with Gasteiger partial charge in [0.15, 0.2) is 0 Å². The van der Waals surface area contributed by atoms with Gasteiger partial charge in [0.1, 0.15) is 5.75 Å². The highest BCUT2D eigenvalue weighted by Gasteiger charge is 2.06. The van der Waals surface area contributed by atoms with Crippen molar-refractivity contribution in [2.24, 2.45) is 5.10 Å². The van der Waals surface area contributed by atoms with Crippen LogP contribution in [-0.2, 0) is 0 Å². The summed E-state index contributed by atoms with van der Waals surface area (Å²) in [5.74, 6) is 0.567. The van der Waals surface area contributed by atoms with Gasteiger partial charge in [-0.25, -0.2) is 5.43 Å². The molecule has 1 N–H and O–H groups in total. The fourth-order valence-corrected chi connectivity index (χ4v) is 1.90. The monoisotopic (exact) mass is 282 g/mol. The molecule has 0 saturated heterocycles. The molecule has 0 heterocycles. The lowest BCUT2D eigenvalue weighted by atomic mass is 10.1. The van der Waals surface area contributed by atoms with Crippen molar-refractivity contribution in [2.75, 3.05) is 6.61 Å². The maximum Gasteiger partial charge on any atom is 0.271 e. The zero-order chi connectivity index (χ0) is 15.1. The fourth-order valence-electron chi connectivity index (χ4n) is 1.90. The Labute approximate surface area is 124 Å². The molecule has 0 radical (unpaired) electrons. The second kappa shape index (κ2) is 7.24. The number of hydrogen-bond donors (Lipinski definition) is 1. The molecule has 2 aromatic rings. The molecule has 4 heteroatoms. The fraction of sp³-hybridized carbons (Fsp3) is 0.176. The normalized spacial score (nSPS) is 10.6. The predicted molar refractivity (Wildman–Crippen MR) is 83.9 cm³/mol. The Morgan fingerprint density at radius 2 is 2.05 bits per heavy atom. The maximum absolute atomic E-state index is 12.0. The molecular formula is C17H18N2O2. The largest absolute Gasteiger partial charge is 0.494 e. The lowest BCUT2D eigenvalue weighted by Crippen LogP contribution is -2.18. The number of hydrogen-bond acceptors (Lipinski definition) is 3. The van der Waals surface area contributed by atoms with E-state index in [2.05, 4.69) is 10.5 Å². The molecule has 0 bridgehead atoms. The number of aryl methyl sites for hydroxylation is 1. The highest BCUT2D eigenvalue weighted by molar-refractivity contribution is 5.96. The number of carbonyl (C=O) groups excluding carboxylic acids is 1. The summed E-state index contributed by atoms with van der Waals surface area (Å²) < 4.78 is 5.41. The average Bonchev–Trinajstić information content (AvgIpc) is 2.48. The summed E-state index contributed by atoms with van der Waals surface area (Å²) in [6.45, 7) is 4.44. The van der Waals surface area contributed by atoms with E-state index >= 15 is 0 Å². The lowest BCUT2D eigenvalue weighted by molar-refractivity contribution is 0.0954. The van der Waals surface area contributed by atoms with E-state index in [0.717, 1.165) is 16.9 Å². The first kappa shape index (κ1) is 14.8. The molecule has 0 saturated carbocycles. The van der Waals surface area contributed by atoms with Crippen LogP contribution in [0.1, 0.15) is 28.4 Å². The molecule has 2 aromatic carbocycles. The van der Waals surface area contributed by atoms with E-state index in [4.69, 9.17) is 4.74 Å². The summed E-state index contributed by atoms with van der Waals surface area (Å²) in [6, 6.07) is 14.9. The van der Waals surface area contributed by atoms with E-state index in [9.17, 15) is 4.79 Å². The van der Waals surface area contributed by atoms with Crippen molar-refractivity contribution < 1.29 is 9.53 Å². The van der Waals surface area contributed by atoms with Crippen molar-refractivity contribution in [2.45, 2.75) is 13.8 Å². The Balaban J connectivity index is 2.01. The number of nitrogens with zero attached hydrogens (tertiary/aromatic N) is 1. The topological polar surface area (TPSA) is 50.7 Å². The molecule has 0 unspecified atom stereocenters. The van der Waals surface area contributed by atoms with E-state index in [1.165, 1.54) is 0 Å². The van der Waals surface area contributed by atoms with E-state index in [1.54, 1.807) is 12.3 Å². The number of amides is 1. The van der Waals surface area contributed by atoms with Crippen molar-refractivity contribution in [1.29, 1.82) is 0 Å². The van der Waals surface area contributed by atoms with E-state index in [1.807, 2.05) is 56.3 Å². The SMILES string of the molecule is CCOc1cccc(/C=N/NC(=O)c2ccccc2C)c1. The first-order chi connectivity index (χ1) is 10.2. The zero-order valence-electron chi connectivity index (χ0n) is 12.2. The molecule has 2 rings (SSSR count). The molecule has 0 aliphatic carbocycles. The molecule has 0 fully saturated rings. The highest BCUT2D eigenvalue weighted by Crippen LogP contribution is 2.11. The lowest BCUT2D eigenvalue weighted by Gasteiger charge is -2.04. The van der Waals surface area contributed by atoms with Crippen LogP contribution in [0.15, 0.2) is 53.6 Å². The van der Waals surface area contributed by atoms with Gasteiger partial charge in [0, 0.05) is 5.56 Å². The number of ether oxygens (including phenoxy) is 1. The van der Waals surface area contributed by atoms with Gasteiger partial charge in [-0.15, -0.1) is 0 Å². The van der Waals surface area contributed by atoms with Crippen molar-refractivity contribution in [3.8, 4) is 5.75 Å². The van der Waals surface area contributed by atoms with Crippen molar-refractivity contribution in [3.05, 3.63) is 65.2 Å². The van der Waals surface area contributed by atoms with Gasteiger partial charge in [0.25, 0.3) is 5.91 Å². The summed E-state index contributed by atoms with van der Waals surface area (Å²) in [6.07, 6.45) is 1.60. The molecule has 4 nitrogen and oxygen atoms in total. The van der Waals surface area contributed by atoms with Crippen LogP contribution in [0.3, 0.4) is 0 Å². The number of nitrogens with one attached hydrogen (secondary N) is 1. The number of carbonyl (C=O) groups is 1. The third-order valence-corrected chi connectivity index (χ3v) is 2.94. The third-order valence-electron chi connectivity index (χ3n) is 2.94. The molecule has 0 aliphatic heterocycles. The summed E-state index contributed by atoms with van der Waals surface area (Å²) in [5, 5.41) is 3.98. The maximum atomic E-state index is 12.0. The molecule has 0 atom stereocenters. The van der Waals surface area contributed by atoms with Gasteiger partial charge in [-0.2, -0.15) is 5.10 Å². The Hall–Kier alpha value is -2.62. The van der Waals surface area contributed by atoms with Crippen LogP contribution in [0.25, 0.3) is 0 Å². The first-order valence-corrected chi connectivity index (χ1v) is 6.82. The molecule has 0 aliphatic rings. The number of benzene rings is 2. The third kappa shape index (κ3) is 4.18. The summed E-state index contributed by atoms with van der Waals surface area (Å²) in [7, 11) is 0. The number of hydrazone groups is 1. The van der Waals surface area contributed by atoms with Gasteiger partial charge >= 0.3 is 0 Å². The highest BCUT2D eigenvalue weighted by atomic mass is 16.5. The van der Waals surface area contributed by atoms with Crippen LogP contribution in [0.4, 0.5) is 0 Å². The molecule has 0 spiro atoms. The second-order valence-corrected chi connectivity index (χ2v) is 4.52. The molecule has 108 valence electrons. The Morgan fingerprint density at radius 1 is 1.24 bits per heavy atom. The smallest absolute Gasteiger partial charge is 0.271 e. The van der Waals surface area contributed by atoms with Crippen LogP contribution in [0, 0.1) is 6.92 Å². The van der Waals surface area contributed by atoms with E-state index < -0.39 is 0 Å². The van der Waals surface area contributed by atoms with Gasteiger partial charge < -0.3 is 4.74 Å². The Bertz CT molecular complexity index is 651. The first-order valence-electron chi connectivity index (χ1n) is 6.82. The van der Waals surface area contributed by atoms with Crippen molar-refractivity contribution in [1.82, 2.24) is 5.43 Å². The Kier molecular flexibility index (Phi) is 5.10. The molecule has 1 amide bonds. The number of rotatable bonds is 5. The quantitative estimate of drug-likeness (QED) is 0.676. The predicted octanol–water partition coefficient (Wildman–Crippen LogP) is 3.16. The van der Waals surface area contributed by atoms with Crippen LogP contribution in [0.2, 0.25) is 0 Å². The minimum absolute atomic E-state index is 0.217. The van der Waals surface area contributed by atoms with Crippen molar-refractivity contribution in [3.63, 3.8) is 0 Å². The zero-order valence-corrected chi connectivity index (χ0v) is 12.2. The van der Waals surface area contributed by atoms with Crippen LogP contribution < -0.4 is 10.2 Å². The van der Waals surface area contributed by atoms with Crippen LogP contribution in [-0.4, -0.2) is 18.7 Å². The summed E-state index contributed by atoms with van der Waals surface area (Å²) in [4.78, 5) is 12.0. The molecule has 0 aromatic heterocycles. The minimum atomic E-state index is -0.217. The Morgan fingerprint density at radius 3 is 2.81 bits per heavy atom. The average molecular weight is 282 g/mol. The van der Waals surface area contributed by atoms with E-state index in [0.29, 0.717) is 12.2 Å². The molecular weight excluding hydrogens is 264 g/mol. The van der Waals surface area contributed by atoms with Gasteiger partial charge in [-0.05, 0) is 43.2 Å². The van der Waals surface area contributed by atoms with Gasteiger partial charge in [-0.1, -0.05) is 30.3 Å². The summed E-state index contributed by atoms with van der Waals surface area (Å²) in [5.41, 5.74) is 4.94. The van der Waals surface area contributed by atoms with Crippen molar-refractivity contribution >= 4 is 12.1 Å². The minimum Gasteiger partial charge on any atom is -0.494 e. The van der Waals surface area contributed by atoms with Gasteiger partial charge in [0.05, 0.1) is 12.8 Å². The second-order valence-electron chi connectivity index (χ2n) is 4.52.